The van der Waals surface area contributed by atoms with Gasteiger partial charge in [-0.05, 0) is 42.3 Å². The standard InChI is InChI=1S/C29H27N3O3/c1-20-6-2-3-7-22(20)26-17-24(23-8-4-5-9-25(23)30-26)29(33)32-14-12-31(13-15-32)18-21-10-11-27-28(16-21)35-19-34-27/h2-11,16-17H,12-15,18-19H2,1H3. The summed E-state index contributed by atoms with van der Waals surface area (Å²) in [7, 11) is 0. The third-order valence-corrected chi connectivity index (χ3v) is 6.87. The molecule has 0 unspecified atom stereocenters. The second-order valence-electron chi connectivity index (χ2n) is 9.14. The number of amides is 1. The third-order valence-electron chi connectivity index (χ3n) is 6.87. The Morgan fingerprint density at radius 1 is 0.886 bits per heavy atom. The van der Waals surface area contributed by atoms with Gasteiger partial charge in [0.1, 0.15) is 0 Å². The molecule has 6 heteroatoms. The lowest BCUT2D eigenvalue weighted by Gasteiger charge is -2.35. The lowest BCUT2D eigenvalue weighted by Crippen LogP contribution is -2.48. The van der Waals surface area contributed by atoms with Crippen LogP contribution in [0.15, 0.2) is 72.8 Å². The molecule has 1 aromatic heterocycles. The number of pyridine rings is 1. The lowest BCUT2D eigenvalue weighted by atomic mass is 10.00. The smallest absolute Gasteiger partial charge is 0.254 e. The molecule has 0 radical (unpaired) electrons. The molecule has 0 atom stereocenters. The summed E-state index contributed by atoms with van der Waals surface area (Å²) in [5.74, 6) is 1.69. The molecule has 3 aromatic carbocycles. The van der Waals surface area contributed by atoms with Crippen LogP contribution in [0.1, 0.15) is 21.5 Å². The van der Waals surface area contributed by atoms with E-state index in [4.69, 9.17) is 14.5 Å². The molecular weight excluding hydrogens is 438 g/mol. The fraction of sp³-hybridized carbons (Fsp3) is 0.241. The van der Waals surface area contributed by atoms with Crippen molar-refractivity contribution < 1.29 is 14.3 Å². The number of hydrogen-bond acceptors (Lipinski definition) is 5. The van der Waals surface area contributed by atoms with E-state index in [1.807, 2.05) is 53.4 Å². The number of benzene rings is 3. The average molecular weight is 466 g/mol. The number of rotatable bonds is 4. The fourth-order valence-electron chi connectivity index (χ4n) is 4.93. The van der Waals surface area contributed by atoms with Crippen molar-refractivity contribution in [1.29, 1.82) is 0 Å². The first kappa shape index (κ1) is 21.6. The topological polar surface area (TPSA) is 54.9 Å². The summed E-state index contributed by atoms with van der Waals surface area (Å²) in [6.07, 6.45) is 0. The Balaban J connectivity index is 1.21. The Bertz CT molecular complexity index is 1410. The van der Waals surface area contributed by atoms with Gasteiger partial charge in [-0.1, -0.05) is 48.5 Å². The van der Waals surface area contributed by atoms with Crippen LogP contribution in [0.25, 0.3) is 22.2 Å². The van der Waals surface area contributed by atoms with E-state index >= 15 is 0 Å². The first-order chi connectivity index (χ1) is 17.2. The van der Waals surface area contributed by atoms with Gasteiger partial charge in [0.2, 0.25) is 6.79 Å². The summed E-state index contributed by atoms with van der Waals surface area (Å²) in [6.45, 7) is 6.23. The zero-order chi connectivity index (χ0) is 23.8. The maximum absolute atomic E-state index is 13.7. The van der Waals surface area contributed by atoms with Gasteiger partial charge in [-0.2, -0.15) is 0 Å². The van der Waals surface area contributed by atoms with E-state index in [1.165, 1.54) is 5.56 Å². The van der Waals surface area contributed by atoms with Crippen LogP contribution >= 0.6 is 0 Å². The second-order valence-corrected chi connectivity index (χ2v) is 9.14. The van der Waals surface area contributed by atoms with Crippen LogP contribution < -0.4 is 9.47 Å². The average Bonchev–Trinajstić information content (AvgIpc) is 3.36. The van der Waals surface area contributed by atoms with Crippen LogP contribution in [0.2, 0.25) is 0 Å². The molecule has 2 aliphatic rings. The quantitative estimate of drug-likeness (QED) is 0.429. The van der Waals surface area contributed by atoms with E-state index in [0.717, 1.165) is 64.4 Å². The van der Waals surface area contributed by atoms with Crippen molar-refractivity contribution in [3.8, 4) is 22.8 Å². The molecule has 0 spiro atoms. The number of fused-ring (bicyclic) bond motifs is 2. The highest BCUT2D eigenvalue weighted by Crippen LogP contribution is 2.33. The molecule has 3 heterocycles. The van der Waals surface area contributed by atoms with Gasteiger partial charge in [-0.15, -0.1) is 0 Å². The second kappa shape index (κ2) is 9.04. The first-order valence-corrected chi connectivity index (χ1v) is 12.0. The van der Waals surface area contributed by atoms with Crippen LogP contribution in [0.3, 0.4) is 0 Å². The molecule has 6 nitrogen and oxygen atoms in total. The molecule has 0 aliphatic carbocycles. The van der Waals surface area contributed by atoms with Crippen molar-refractivity contribution in [1.82, 2.24) is 14.8 Å². The highest BCUT2D eigenvalue weighted by molar-refractivity contribution is 6.07. The van der Waals surface area contributed by atoms with Crippen LogP contribution in [-0.2, 0) is 6.54 Å². The molecule has 35 heavy (non-hydrogen) atoms. The summed E-state index contributed by atoms with van der Waals surface area (Å²) in [5.41, 5.74) is 5.80. The molecule has 176 valence electrons. The van der Waals surface area contributed by atoms with Crippen molar-refractivity contribution in [3.05, 3.63) is 89.5 Å². The van der Waals surface area contributed by atoms with Crippen LogP contribution in [0, 0.1) is 6.92 Å². The van der Waals surface area contributed by atoms with Crippen LogP contribution in [0.5, 0.6) is 11.5 Å². The Kier molecular flexibility index (Phi) is 5.58. The normalized spacial score (nSPS) is 15.5. The monoisotopic (exact) mass is 465 g/mol. The summed E-state index contributed by atoms with van der Waals surface area (Å²) in [6, 6.07) is 24.2. The van der Waals surface area contributed by atoms with Gasteiger partial charge in [-0.25, -0.2) is 4.98 Å². The molecular formula is C29H27N3O3. The number of nitrogens with zero attached hydrogens (tertiary/aromatic N) is 3. The highest BCUT2D eigenvalue weighted by Gasteiger charge is 2.25. The minimum Gasteiger partial charge on any atom is -0.454 e. The largest absolute Gasteiger partial charge is 0.454 e. The number of hydrogen-bond donors (Lipinski definition) is 0. The van der Waals surface area contributed by atoms with Crippen molar-refractivity contribution in [2.24, 2.45) is 0 Å². The number of aromatic nitrogens is 1. The van der Waals surface area contributed by atoms with E-state index in [9.17, 15) is 4.79 Å². The summed E-state index contributed by atoms with van der Waals surface area (Å²) >= 11 is 0. The van der Waals surface area contributed by atoms with Crippen LogP contribution in [0.4, 0.5) is 0 Å². The molecule has 6 rings (SSSR count). The highest BCUT2D eigenvalue weighted by atomic mass is 16.7. The van der Waals surface area contributed by atoms with Gasteiger partial charge >= 0.3 is 0 Å². The fourth-order valence-corrected chi connectivity index (χ4v) is 4.93. The van der Waals surface area contributed by atoms with Crippen molar-refractivity contribution in [2.45, 2.75) is 13.5 Å². The van der Waals surface area contributed by atoms with E-state index in [-0.39, 0.29) is 12.7 Å². The van der Waals surface area contributed by atoms with Crippen LogP contribution in [-0.4, -0.2) is 53.7 Å². The third kappa shape index (κ3) is 4.21. The Labute approximate surface area is 204 Å². The Morgan fingerprint density at radius 2 is 1.66 bits per heavy atom. The molecule has 4 aromatic rings. The number of carbonyl (C=O) groups is 1. The minimum atomic E-state index is 0.0705. The molecule has 1 amide bonds. The Hall–Kier alpha value is -3.90. The van der Waals surface area contributed by atoms with E-state index in [1.54, 1.807) is 0 Å². The zero-order valence-electron chi connectivity index (χ0n) is 19.7. The Morgan fingerprint density at radius 3 is 2.51 bits per heavy atom. The molecule has 1 fully saturated rings. The number of aryl methyl sites for hydroxylation is 1. The van der Waals surface area contributed by atoms with Gasteiger partial charge < -0.3 is 14.4 Å². The lowest BCUT2D eigenvalue weighted by molar-refractivity contribution is 0.0630. The van der Waals surface area contributed by atoms with Gasteiger partial charge in [-0.3, -0.25) is 9.69 Å². The van der Waals surface area contributed by atoms with Crippen molar-refractivity contribution in [2.75, 3.05) is 33.0 Å². The molecule has 0 saturated carbocycles. The molecule has 0 N–H and O–H groups in total. The summed E-state index contributed by atoms with van der Waals surface area (Å²) in [5, 5.41) is 0.901. The van der Waals surface area contributed by atoms with E-state index in [2.05, 4.69) is 36.1 Å². The summed E-state index contributed by atoms with van der Waals surface area (Å²) < 4.78 is 10.9. The SMILES string of the molecule is Cc1ccccc1-c1cc(C(=O)N2CCN(Cc3ccc4c(c3)OCO4)CC2)c2ccccc2n1. The minimum absolute atomic E-state index is 0.0705. The maximum atomic E-state index is 13.7. The zero-order valence-corrected chi connectivity index (χ0v) is 19.7. The van der Waals surface area contributed by atoms with E-state index < -0.39 is 0 Å². The van der Waals surface area contributed by atoms with Gasteiger partial charge in [0, 0.05) is 43.7 Å². The molecule has 1 saturated heterocycles. The van der Waals surface area contributed by atoms with Crippen molar-refractivity contribution in [3.63, 3.8) is 0 Å². The number of carbonyl (C=O) groups excluding carboxylic acids is 1. The maximum Gasteiger partial charge on any atom is 0.254 e. The van der Waals surface area contributed by atoms with Gasteiger partial charge in [0.25, 0.3) is 5.91 Å². The predicted octanol–water partition coefficient (Wildman–Crippen LogP) is 4.90. The van der Waals surface area contributed by atoms with Crippen molar-refractivity contribution >= 4 is 16.8 Å². The number of ether oxygens (including phenoxy) is 2. The van der Waals surface area contributed by atoms with Gasteiger partial charge in [0.15, 0.2) is 11.5 Å². The van der Waals surface area contributed by atoms with Gasteiger partial charge in [0.05, 0.1) is 16.8 Å². The molecule has 0 bridgehead atoms. The first-order valence-electron chi connectivity index (χ1n) is 12.0. The number of para-hydroxylation sites is 1. The predicted molar refractivity (Wildman–Crippen MR) is 136 cm³/mol. The molecule has 2 aliphatic heterocycles. The van der Waals surface area contributed by atoms with E-state index in [0.29, 0.717) is 13.1 Å². The summed E-state index contributed by atoms with van der Waals surface area (Å²) in [4.78, 5) is 23.0. The number of piperazine rings is 1.